The second-order valence-electron chi connectivity index (χ2n) is 5.92. The van der Waals surface area contributed by atoms with Crippen molar-refractivity contribution in [3.05, 3.63) is 52.6 Å². The van der Waals surface area contributed by atoms with Gasteiger partial charge in [-0.05, 0) is 24.5 Å². The maximum absolute atomic E-state index is 13.3. The molecule has 0 radical (unpaired) electrons. The minimum atomic E-state index is -3.46. The van der Waals surface area contributed by atoms with E-state index in [0.717, 1.165) is 18.2 Å². The fraction of sp³-hybridized carbons (Fsp3) is 0.235. The zero-order valence-corrected chi connectivity index (χ0v) is 13.3. The molecule has 1 aliphatic carbocycles. The van der Waals surface area contributed by atoms with E-state index in [-0.39, 0.29) is 39.9 Å². The Kier molecular flexibility index (Phi) is 3.25. The summed E-state index contributed by atoms with van der Waals surface area (Å²) in [5, 5.41) is 0. The minimum absolute atomic E-state index is 0.0325. The van der Waals surface area contributed by atoms with Crippen molar-refractivity contribution in [3.8, 4) is 11.5 Å². The quantitative estimate of drug-likeness (QED) is 0.834. The first-order valence-corrected chi connectivity index (χ1v) is 9.09. The van der Waals surface area contributed by atoms with Crippen molar-refractivity contribution in [1.82, 2.24) is 0 Å². The Morgan fingerprint density at radius 3 is 2.38 bits per heavy atom. The number of halogens is 2. The third kappa shape index (κ3) is 2.31. The van der Waals surface area contributed by atoms with E-state index in [1.807, 2.05) is 0 Å². The van der Waals surface area contributed by atoms with Gasteiger partial charge in [0.2, 0.25) is 0 Å². The zero-order chi connectivity index (χ0) is 17.1. The predicted octanol–water partition coefficient (Wildman–Crippen LogP) is 3.22. The molecule has 0 bridgehead atoms. The molecule has 0 spiro atoms. The molecule has 0 amide bonds. The van der Waals surface area contributed by atoms with Crippen molar-refractivity contribution in [2.45, 2.75) is 24.2 Å². The maximum Gasteiger partial charge on any atom is 0.179 e. The number of aryl methyl sites for hydroxylation is 1. The fourth-order valence-corrected chi connectivity index (χ4v) is 5.13. The Hall–Kier alpha value is -2.28. The van der Waals surface area contributed by atoms with Gasteiger partial charge in [0, 0.05) is 35.7 Å². The van der Waals surface area contributed by atoms with Crippen LogP contribution in [0.5, 0.6) is 11.5 Å². The Morgan fingerprint density at radius 2 is 1.67 bits per heavy atom. The largest absolute Gasteiger partial charge is 0.457 e. The Bertz CT molecular complexity index is 976. The second kappa shape index (κ2) is 5.11. The summed E-state index contributed by atoms with van der Waals surface area (Å²) in [6.07, 6.45) is 0.853. The lowest BCUT2D eigenvalue weighted by atomic mass is 10.0. The van der Waals surface area contributed by atoms with Crippen LogP contribution >= 0.6 is 0 Å². The summed E-state index contributed by atoms with van der Waals surface area (Å²) >= 11 is 0. The SMILES string of the molecule is O=C1CCc2c(Oc3cc(F)cc(F)c3)cc3c(c21)S(=O)(=O)CC3. The van der Waals surface area contributed by atoms with Crippen LogP contribution in [0, 0.1) is 11.6 Å². The maximum atomic E-state index is 13.3. The van der Waals surface area contributed by atoms with Gasteiger partial charge in [-0.3, -0.25) is 4.79 Å². The van der Waals surface area contributed by atoms with Crippen molar-refractivity contribution < 1.29 is 26.7 Å². The van der Waals surface area contributed by atoms with Gasteiger partial charge in [0.1, 0.15) is 23.1 Å². The standard InChI is InChI=1S/C17H12F2O4S/c18-10-6-11(19)8-12(7-10)23-15-5-9-3-4-24(21,22)17(9)16-13(15)1-2-14(16)20/h5-8H,1-4H2. The highest BCUT2D eigenvalue weighted by molar-refractivity contribution is 7.91. The average Bonchev–Trinajstić information content (AvgIpc) is 2.99. The molecule has 7 heteroatoms. The summed E-state index contributed by atoms with van der Waals surface area (Å²) in [5.41, 5.74) is 1.21. The van der Waals surface area contributed by atoms with Crippen molar-refractivity contribution in [2.24, 2.45) is 0 Å². The molecule has 0 fully saturated rings. The number of rotatable bonds is 2. The fourth-order valence-electron chi connectivity index (χ4n) is 3.33. The normalized spacial score (nSPS) is 17.7. The van der Waals surface area contributed by atoms with Crippen LogP contribution in [-0.4, -0.2) is 20.0 Å². The van der Waals surface area contributed by atoms with Crippen molar-refractivity contribution in [2.75, 3.05) is 5.75 Å². The highest BCUT2D eigenvalue weighted by Crippen LogP contribution is 2.42. The smallest absolute Gasteiger partial charge is 0.179 e. The lowest BCUT2D eigenvalue weighted by molar-refractivity contribution is 0.0991. The van der Waals surface area contributed by atoms with Crippen LogP contribution < -0.4 is 4.74 Å². The van der Waals surface area contributed by atoms with E-state index >= 15 is 0 Å². The van der Waals surface area contributed by atoms with Crippen molar-refractivity contribution in [1.29, 1.82) is 0 Å². The molecule has 1 heterocycles. The second-order valence-corrected chi connectivity index (χ2v) is 7.96. The molecule has 2 aliphatic rings. The van der Waals surface area contributed by atoms with Crippen LogP contribution in [0.15, 0.2) is 29.2 Å². The van der Waals surface area contributed by atoms with Gasteiger partial charge in [-0.25, -0.2) is 17.2 Å². The molecule has 1 aliphatic heterocycles. The van der Waals surface area contributed by atoms with Crippen molar-refractivity contribution >= 4 is 15.6 Å². The summed E-state index contributed by atoms with van der Waals surface area (Å²) in [5.74, 6) is -1.57. The van der Waals surface area contributed by atoms with Gasteiger partial charge in [0.25, 0.3) is 0 Å². The molecular formula is C17H12F2O4S. The van der Waals surface area contributed by atoms with E-state index in [0.29, 0.717) is 24.0 Å². The number of benzene rings is 2. The number of sulfone groups is 1. The van der Waals surface area contributed by atoms with E-state index in [1.54, 1.807) is 6.07 Å². The lowest BCUT2D eigenvalue weighted by Gasteiger charge is -2.13. The molecule has 0 N–H and O–H groups in total. The monoisotopic (exact) mass is 350 g/mol. The van der Waals surface area contributed by atoms with Gasteiger partial charge in [0.15, 0.2) is 15.6 Å². The number of hydrogen-bond donors (Lipinski definition) is 0. The topological polar surface area (TPSA) is 60.4 Å². The highest BCUT2D eigenvalue weighted by atomic mass is 32.2. The molecule has 4 nitrogen and oxygen atoms in total. The van der Waals surface area contributed by atoms with Crippen LogP contribution in [0.4, 0.5) is 8.78 Å². The van der Waals surface area contributed by atoms with Crippen LogP contribution in [0.1, 0.15) is 27.9 Å². The van der Waals surface area contributed by atoms with E-state index in [4.69, 9.17) is 4.74 Å². The summed E-state index contributed by atoms with van der Waals surface area (Å²) in [7, 11) is -3.46. The molecule has 0 saturated heterocycles. The first-order chi connectivity index (χ1) is 11.3. The van der Waals surface area contributed by atoms with Gasteiger partial charge in [-0.1, -0.05) is 0 Å². The molecule has 0 aromatic heterocycles. The highest BCUT2D eigenvalue weighted by Gasteiger charge is 2.37. The van der Waals surface area contributed by atoms with Crippen LogP contribution in [0.25, 0.3) is 0 Å². The van der Waals surface area contributed by atoms with Crippen LogP contribution in [-0.2, 0) is 22.7 Å². The van der Waals surface area contributed by atoms with E-state index in [2.05, 4.69) is 0 Å². The number of ether oxygens (including phenoxy) is 1. The molecule has 124 valence electrons. The predicted molar refractivity (Wildman–Crippen MR) is 81.3 cm³/mol. The first kappa shape index (κ1) is 15.3. The molecule has 4 rings (SSSR count). The number of ketones is 1. The summed E-state index contributed by atoms with van der Waals surface area (Å²) < 4.78 is 56.7. The summed E-state index contributed by atoms with van der Waals surface area (Å²) in [6.45, 7) is 0. The first-order valence-electron chi connectivity index (χ1n) is 7.44. The van der Waals surface area contributed by atoms with Gasteiger partial charge >= 0.3 is 0 Å². The number of Topliss-reactive ketones (excluding diaryl/α,β-unsaturated/α-hetero) is 1. The zero-order valence-electron chi connectivity index (χ0n) is 12.4. The average molecular weight is 350 g/mol. The molecule has 0 atom stereocenters. The van der Waals surface area contributed by atoms with Gasteiger partial charge in [0.05, 0.1) is 10.6 Å². The van der Waals surface area contributed by atoms with Crippen LogP contribution in [0.2, 0.25) is 0 Å². The Morgan fingerprint density at radius 1 is 0.958 bits per heavy atom. The number of fused-ring (bicyclic) bond motifs is 3. The molecular weight excluding hydrogens is 338 g/mol. The molecule has 2 aromatic carbocycles. The summed E-state index contributed by atoms with van der Waals surface area (Å²) in [4.78, 5) is 12.3. The number of carbonyl (C=O) groups is 1. The minimum Gasteiger partial charge on any atom is -0.457 e. The van der Waals surface area contributed by atoms with Crippen LogP contribution in [0.3, 0.4) is 0 Å². The van der Waals surface area contributed by atoms with E-state index in [1.165, 1.54) is 0 Å². The lowest BCUT2D eigenvalue weighted by Crippen LogP contribution is -2.06. The van der Waals surface area contributed by atoms with Crippen molar-refractivity contribution in [3.63, 3.8) is 0 Å². The van der Waals surface area contributed by atoms with E-state index in [9.17, 15) is 22.0 Å². The number of hydrogen-bond acceptors (Lipinski definition) is 4. The third-order valence-corrected chi connectivity index (χ3v) is 6.15. The molecule has 24 heavy (non-hydrogen) atoms. The molecule has 0 unspecified atom stereocenters. The van der Waals surface area contributed by atoms with E-state index < -0.39 is 21.5 Å². The molecule has 2 aromatic rings. The Labute approximate surface area is 137 Å². The Balaban J connectivity index is 1.88. The summed E-state index contributed by atoms with van der Waals surface area (Å²) in [6, 6.07) is 4.38. The third-order valence-electron chi connectivity index (χ3n) is 4.32. The van der Waals surface area contributed by atoms with Gasteiger partial charge in [-0.2, -0.15) is 0 Å². The number of carbonyl (C=O) groups excluding carboxylic acids is 1. The van der Waals surface area contributed by atoms with Gasteiger partial charge in [-0.15, -0.1) is 0 Å². The molecule has 0 saturated carbocycles. The van der Waals surface area contributed by atoms with Gasteiger partial charge < -0.3 is 4.74 Å².